The number of hydrogen-bond donors (Lipinski definition) is 3. The molecule has 3 atom stereocenters. The number of hydrogen-bond acceptors (Lipinski definition) is 7. The lowest BCUT2D eigenvalue weighted by molar-refractivity contribution is 0.127. The molecule has 1 aliphatic rings. The summed E-state index contributed by atoms with van der Waals surface area (Å²) in [5.41, 5.74) is 6.65. The molecule has 0 spiro atoms. The van der Waals surface area contributed by atoms with Gasteiger partial charge in [0.05, 0.1) is 12.1 Å². The van der Waals surface area contributed by atoms with Gasteiger partial charge < -0.3 is 15.9 Å². The zero-order valence-electron chi connectivity index (χ0n) is 9.64. The number of fused-ring (bicyclic) bond motifs is 1. The third-order valence-electron chi connectivity index (χ3n) is 3.46. The summed E-state index contributed by atoms with van der Waals surface area (Å²) in [6.07, 6.45) is 2.01. The van der Waals surface area contributed by atoms with Gasteiger partial charge in [0, 0.05) is 6.61 Å². The maximum Gasteiger partial charge on any atom is 0.184 e. The van der Waals surface area contributed by atoms with E-state index in [2.05, 4.69) is 20.3 Å². The first-order valence-corrected chi connectivity index (χ1v) is 5.81. The lowest BCUT2D eigenvalue weighted by Crippen LogP contribution is -2.19. The lowest BCUT2D eigenvalue weighted by atomic mass is 10.1. The van der Waals surface area contributed by atoms with Crippen LogP contribution in [0.4, 0.5) is 5.82 Å². The van der Waals surface area contributed by atoms with E-state index in [-0.39, 0.29) is 24.4 Å². The predicted molar refractivity (Wildman–Crippen MR) is 62.4 cm³/mol. The maximum absolute atomic E-state index is 10.0. The minimum atomic E-state index is -0.553. The van der Waals surface area contributed by atoms with Crippen LogP contribution in [0.1, 0.15) is 18.9 Å². The second kappa shape index (κ2) is 4.14. The van der Waals surface area contributed by atoms with Crippen LogP contribution in [0.5, 0.6) is 0 Å². The number of nitrogens with two attached hydrogens (primary N) is 1. The van der Waals surface area contributed by atoms with Crippen molar-refractivity contribution in [2.75, 3.05) is 12.3 Å². The molecule has 0 unspecified atom stereocenters. The van der Waals surface area contributed by atoms with Crippen LogP contribution in [0.15, 0.2) is 6.33 Å². The summed E-state index contributed by atoms with van der Waals surface area (Å²) in [7, 11) is 0. The van der Waals surface area contributed by atoms with Crippen LogP contribution >= 0.6 is 0 Å². The van der Waals surface area contributed by atoms with E-state index in [1.165, 1.54) is 6.33 Å². The van der Waals surface area contributed by atoms with Crippen molar-refractivity contribution in [2.24, 2.45) is 5.92 Å². The number of rotatable bonds is 2. The highest BCUT2D eigenvalue weighted by atomic mass is 16.3. The van der Waals surface area contributed by atoms with Gasteiger partial charge in [-0.25, -0.2) is 14.6 Å². The van der Waals surface area contributed by atoms with Crippen molar-refractivity contribution in [2.45, 2.75) is 25.0 Å². The largest absolute Gasteiger partial charge is 0.396 e. The Bertz CT molecular complexity index is 570. The minimum Gasteiger partial charge on any atom is -0.396 e. The predicted octanol–water partition coefficient (Wildman–Crippen LogP) is -0.892. The standard InChI is InChI=1S/C10H14N6O2/c11-9-8-10(13-4-12-9)16(15-14-8)6-1-5(3-17)2-7(6)18/h4-7,17-18H,1-3H2,(H2,11,12,13)/t5-,6+,7+/m1/s1. The van der Waals surface area contributed by atoms with Gasteiger partial charge >= 0.3 is 0 Å². The Balaban J connectivity index is 2.02. The minimum absolute atomic E-state index is 0.0668. The van der Waals surface area contributed by atoms with E-state index < -0.39 is 6.10 Å². The third kappa shape index (κ3) is 1.61. The summed E-state index contributed by atoms with van der Waals surface area (Å²) in [5, 5.41) is 27.1. The molecule has 0 aromatic carbocycles. The fourth-order valence-electron chi connectivity index (χ4n) is 2.51. The average Bonchev–Trinajstić information content (AvgIpc) is 2.93. The highest BCUT2D eigenvalue weighted by molar-refractivity contribution is 5.80. The quantitative estimate of drug-likeness (QED) is 0.631. The second-order valence-corrected chi connectivity index (χ2v) is 4.62. The van der Waals surface area contributed by atoms with E-state index in [1.807, 2.05) is 0 Å². The zero-order chi connectivity index (χ0) is 12.7. The number of aromatic nitrogens is 5. The third-order valence-corrected chi connectivity index (χ3v) is 3.46. The van der Waals surface area contributed by atoms with Crippen LogP contribution in [0.25, 0.3) is 11.2 Å². The average molecular weight is 250 g/mol. The number of anilines is 1. The van der Waals surface area contributed by atoms with E-state index in [0.29, 0.717) is 24.0 Å². The van der Waals surface area contributed by atoms with E-state index in [4.69, 9.17) is 10.8 Å². The molecule has 0 aliphatic heterocycles. The molecule has 18 heavy (non-hydrogen) atoms. The van der Waals surface area contributed by atoms with E-state index in [0.717, 1.165) is 0 Å². The van der Waals surface area contributed by atoms with Gasteiger partial charge in [-0.15, -0.1) is 5.10 Å². The molecule has 3 rings (SSSR count). The van der Waals surface area contributed by atoms with E-state index in [9.17, 15) is 5.11 Å². The van der Waals surface area contributed by atoms with Crippen LogP contribution in [0.2, 0.25) is 0 Å². The Morgan fingerprint density at radius 3 is 2.94 bits per heavy atom. The first-order chi connectivity index (χ1) is 8.70. The van der Waals surface area contributed by atoms with E-state index in [1.54, 1.807) is 4.68 Å². The van der Waals surface area contributed by atoms with Crippen LogP contribution in [-0.4, -0.2) is 47.9 Å². The summed E-state index contributed by atoms with van der Waals surface area (Å²) in [6, 6.07) is -0.221. The molecular weight excluding hydrogens is 236 g/mol. The molecule has 0 bridgehead atoms. The molecule has 96 valence electrons. The summed E-state index contributed by atoms with van der Waals surface area (Å²) in [4.78, 5) is 7.95. The molecule has 2 heterocycles. The monoisotopic (exact) mass is 250 g/mol. The molecule has 1 aliphatic carbocycles. The van der Waals surface area contributed by atoms with Crippen molar-refractivity contribution in [3.63, 3.8) is 0 Å². The van der Waals surface area contributed by atoms with Gasteiger partial charge in [-0.1, -0.05) is 5.21 Å². The number of aliphatic hydroxyl groups is 2. The molecule has 1 saturated carbocycles. The lowest BCUT2D eigenvalue weighted by Gasteiger charge is -2.14. The zero-order valence-corrected chi connectivity index (χ0v) is 9.64. The van der Waals surface area contributed by atoms with Crippen molar-refractivity contribution in [3.05, 3.63) is 6.33 Å². The normalized spacial score (nSPS) is 28.0. The van der Waals surface area contributed by atoms with Crippen LogP contribution in [-0.2, 0) is 0 Å². The van der Waals surface area contributed by atoms with Gasteiger partial charge in [-0.2, -0.15) is 0 Å². The van der Waals surface area contributed by atoms with Crippen molar-refractivity contribution in [3.8, 4) is 0 Å². The molecule has 1 fully saturated rings. The summed E-state index contributed by atoms with van der Waals surface area (Å²) in [5.74, 6) is 0.362. The SMILES string of the molecule is Nc1ncnc2c1nnn2[C@H]1C[C@@H](CO)C[C@@H]1O. The Kier molecular flexibility index (Phi) is 2.60. The van der Waals surface area contributed by atoms with Gasteiger partial charge in [0.1, 0.15) is 6.33 Å². The highest BCUT2D eigenvalue weighted by Gasteiger charge is 2.35. The highest BCUT2D eigenvalue weighted by Crippen LogP contribution is 2.35. The first kappa shape index (κ1) is 11.3. The van der Waals surface area contributed by atoms with Crippen molar-refractivity contribution in [1.29, 1.82) is 0 Å². The smallest absolute Gasteiger partial charge is 0.184 e. The number of nitrogens with zero attached hydrogens (tertiary/aromatic N) is 5. The molecule has 8 nitrogen and oxygen atoms in total. The Morgan fingerprint density at radius 1 is 1.39 bits per heavy atom. The first-order valence-electron chi connectivity index (χ1n) is 5.81. The van der Waals surface area contributed by atoms with Crippen LogP contribution < -0.4 is 5.73 Å². The molecule has 2 aromatic heterocycles. The van der Waals surface area contributed by atoms with Crippen molar-refractivity contribution < 1.29 is 10.2 Å². The molecule has 0 amide bonds. The number of nitrogen functional groups attached to an aromatic ring is 1. The van der Waals surface area contributed by atoms with Gasteiger partial charge in [-0.05, 0) is 18.8 Å². The van der Waals surface area contributed by atoms with E-state index >= 15 is 0 Å². The molecule has 0 saturated heterocycles. The van der Waals surface area contributed by atoms with Gasteiger partial charge in [0.25, 0.3) is 0 Å². The summed E-state index contributed by atoms with van der Waals surface area (Å²) < 4.78 is 1.58. The number of aliphatic hydroxyl groups excluding tert-OH is 2. The Morgan fingerprint density at radius 2 is 2.22 bits per heavy atom. The fraction of sp³-hybridized carbons (Fsp3) is 0.600. The molecular formula is C10H14N6O2. The van der Waals surface area contributed by atoms with Crippen LogP contribution in [0, 0.1) is 5.92 Å². The second-order valence-electron chi connectivity index (χ2n) is 4.62. The fourth-order valence-corrected chi connectivity index (χ4v) is 2.51. The molecule has 2 aromatic rings. The van der Waals surface area contributed by atoms with Gasteiger partial charge in [-0.3, -0.25) is 0 Å². The van der Waals surface area contributed by atoms with Crippen molar-refractivity contribution in [1.82, 2.24) is 25.0 Å². The molecule has 0 radical (unpaired) electrons. The maximum atomic E-state index is 10.0. The molecule has 4 N–H and O–H groups in total. The Labute approximate surface area is 102 Å². The summed E-state index contributed by atoms with van der Waals surface area (Å²) in [6.45, 7) is 0.0668. The topological polar surface area (TPSA) is 123 Å². The van der Waals surface area contributed by atoms with Crippen molar-refractivity contribution >= 4 is 17.0 Å². The van der Waals surface area contributed by atoms with Gasteiger partial charge in [0.2, 0.25) is 0 Å². The summed E-state index contributed by atoms with van der Waals surface area (Å²) >= 11 is 0. The molecule has 8 heteroatoms. The Hall–Kier alpha value is -1.80. The van der Waals surface area contributed by atoms with Crippen LogP contribution in [0.3, 0.4) is 0 Å². The van der Waals surface area contributed by atoms with Gasteiger partial charge in [0.15, 0.2) is 17.0 Å².